The first kappa shape index (κ1) is 24.9. The summed E-state index contributed by atoms with van der Waals surface area (Å²) in [6.45, 7) is 6.63. The van der Waals surface area contributed by atoms with Crippen molar-refractivity contribution in [1.82, 2.24) is 10.6 Å². The smallest absolute Gasteiger partial charge is 0.480 e. The van der Waals surface area contributed by atoms with E-state index in [1.807, 2.05) is 0 Å². The van der Waals surface area contributed by atoms with Gasteiger partial charge in [0.25, 0.3) is 11.8 Å². The van der Waals surface area contributed by atoms with E-state index in [0.717, 1.165) is 0 Å². The van der Waals surface area contributed by atoms with Gasteiger partial charge >= 0.3 is 20.2 Å². The number of aliphatic carboxylic acids is 1. The predicted octanol–water partition coefficient (Wildman–Crippen LogP) is -0.795. The van der Waals surface area contributed by atoms with E-state index in [9.17, 15) is 29.5 Å². The molecule has 0 radical (unpaired) electrons. The molecule has 2 aliphatic heterocycles. The van der Waals surface area contributed by atoms with Gasteiger partial charge in [-0.2, -0.15) is 0 Å². The van der Waals surface area contributed by atoms with Crippen LogP contribution < -0.4 is 21.6 Å². The number of benzene rings is 2. The molecule has 2 aromatic rings. The summed E-state index contributed by atoms with van der Waals surface area (Å²) in [7, 11) is -2.63. The monoisotopic (exact) mass is 480 g/mol. The fourth-order valence-electron chi connectivity index (χ4n) is 4.64. The minimum absolute atomic E-state index is 0.0848. The van der Waals surface area contributed by atoms with Crippen molar-refractivity contribution in [3.8, 4) is 0 Å². The van der Waals surface area contributed by atoms with Crippen molar-refractivity contribution in [3.63, 3.8) is 0 Å². The number of rotatable bonds is 6. The highest BCUT2D eigenvalue weighted by Crippen LogP contribution is 2.31. The number of hydrogen-bond donors (Lipinski definition) is 5. The van der Waals surface area contributed by atoms with Gasteiger partial charge in [0.2, 0.25) is 0 Å². The molecule has 0 aromatic heterocycles. The molecule has 4 rings (SSSR count). The summed E-state index contributed by atoms with van der Waals surface area (Å²) >= 11 is 0. The third-order valence-corrected chi connectivity index (χ3v) is 6.38. The zero-order chi connectivity index (χ0) is 25.7. The predicted molar refractivity (Wildman–Crippen MR) is 128 cm³/mol. The number of carboxylic acid groups (broad SMARTS) is 1. The molecule has 2 aromatic carbocycles. The molecule has 1 atom stereocenters. The van der Waals surface area contributed by atoms with Gasteiger partial charge in [-0.15, -0.1) is 0 Å². The van der Waals surface area contributed by atoms with Crippen LogP contribution in [0.25, 0.3) is 0 Å². The van der Waals surface area contributed by atoms with Crippen LogP contribution in [0.15, 0.2) is 36.4 Å². The van der Waals surface area contributed by atoms with Crippen molar-refractivity contribution < 1.29 is 38.8 Å². The minimum Gasteiger partial charge on any atom is -0.480 e. The number of carbonyl (C=O) groups is 3. The van der Waals surface area contributed by atoms with Crippen LogP contribution in [0.3, 0.4) is 0 Å². The lowest BCUT2D eigenvalue weighted by molar-refractivity contribution is -0.139. The van der Waals surface area contributed by atoms with Crippen molar-refractivity contribution in [1.29, 1.82) is 0 Å². The van der Waals surface area contributed by atoms with E-state index < -0.39 is 55.8 Å². The zero-order valence-corrected chi connectivity index (χ0v) is 19.8. The molecular formula is C23H26B2N2O8. The van der Waals surface area contributed by atoms with Crippen LogP contribution in [0.5, 0.6) is 0 Å². The number of carboxylic acids is 1. The molecule has 0 aliphatic carbocycles. The molecule has 0 spiro atoms. The average molecular weight is 480 g/mol. The molecule has 2 aliphatic rings. The number of hydrogen-bond acceptors (Lipinski definition) is 7. The molecule has 0 fully saturated rings. The van der Waals surface area contributed by atoms with Crippen molar-refractivity contribution in [2.24, 2.45) is 0 Å². The van der Waals surface area contributed by atoms with Gasteiger partial charge in [0, 0.05) is 28.6 Å². The SMILES string of the molecule is CC1(C)OB(O)c2c(C(=O)NCC(NC(=O)c3cccc4c3B(O)OC4(C)C)C(=O)O)cccc21. The molecule has 35 heavy (non-hydrogen) atoms. The number of nitrogens with one attached hydrogen (secondary N) is 2. The number of fused-ring (bicyclic) bond motifs is 2. The summed E-state index contributed by atoms with van der Waals surface area (Å²) in [5.74, 6) is -2.70. The first-order valence-corrected chi connectivity index (χ1v) is 11.1. The third-order valence-electron chi connectivity index (χ3n) is 6.38. The Morgan fingerprint density at radius 2 is 1.31 bits per heavy atom. The highest BCUT2D eigenvalue weighted by Gasteiger charge is 2.44. The molecule has 0 bridgehead atoms. The lowest BCUT2D eigenvalue weighted by Crippen LogP contribution is -2.50. The Kier molecular flexibility index (Phi) is 6.26. The van der Waals surface area contributed by atoms with Gasteiger partial charge in [0.05, 0.1) is 11.2 Å². The second-order valence-electron chi connectivity index (χ2n) is 9.57. The lowest BCUT2D eigenvalue weighted by atomic mass is 9.74. The molecule has 1 unspecified atom stereocenters. The molecule has 5 N–H and O–H groups in total. The van der Waals surface area contributed by atoms with Crippen LogP contribution in [0.2, 0.25) is 0 Å². The van der Waals surface area contributed by atoms with Gasteiger partial charge in [-0.1, -0.05) is 24.3 Å². The van der Waals surface area contributed by atoms with Gasteiger partial charge < -0.3 is 35.1 Å². The summed E-state index contributed by atoms with van der Waals surface area (Å²) in [6.07, 6.45) is 0. The Hall–Kier alpha value is -3.18. The molecule has 10 nitrogen and oxygen atoms in total. The fraction of sp³-hybridized carbons (Fsp3) is 0.348. The molecular weight excluding hydrogens is 454 g/mol. The maximum absolute atomic E-state index is 13.0. The highest BCUT2D eigenvalue weighted by atomic mass is 16.5. The first-order valence-electron chi connectivity index (χ1n) is 11.1. The van der Waals surface area contributed by atoms with E-state index in [-0.39, 0.29) is 16.6 Å². The standard InChI is InChI=1S/C23H26B2N2O8/c1-22(2)14-9-5-7-12(17(14)24(32)34-22)19(28)26-11-16(21(30)31)27-20(29)13-8-6-10-15-18(13)25(33)35-23(15,3)4/h5-10,16,32-33H,11H2,1-4H3,(H,26,28)(H,27,29)(H,30,31). The quantitative estimate of drug-likeness (QED) is 0.337. The van der Waals surface area contributed by atoms with Gasteiger partial charge in [-0.05, 0) is 51.0 Å². The molecule has 2 heterocycles. The summed E-state index contributed by atoms with van der Waals surface area (Å²) < 4.78 is 11.1. The molecule has 0 saturated carbocycles. The average Bonchev–Trinajstić information content (AvgIpc) is 3.17. The molecule has 0 saturated heterocycles. The maximum atomic E-state index is 13.0. The largest absolute Gasteiger partial charge is 0.492 e. The Balaban J connectivity index is 1.51. The first-order chi connectivity index (χ1) is 16.3. The van der Waals surface area contributed by atoms with E-state index in [0.29, 0.717) is 16.6 Å². The van der Waals surface area contributed by atoms with Crippen LogP contribution >= 0.6 is 0 Å². The highest BCUT2D eigenvalue weighted by molar-refractivity contribution is 6.64. The van der Waals surface area contributed by atoms with Crippen LogP contribution in [-0.2, 0) is 25.3 Å². The maximum Gasteiger partial charge on any atom is 0.492 e. The van der Waals surface area contributed by atoms with E-state index in [1.165, 1.54) is 12.1 Å². The Labute approximate surface area is 202 Å². The molecule has 182 valence electrons. The molecule has 12 heteroatoms. The van der Waals surface area contributed by atoms with Crippen LogP contribution in [-0.4, -0.2) is 59.8 Å². The normalized spacial score (nSPS) is 18.0. The van der Waals surface area contributed by atoms with Crippen molar-refractivity contribution in [2.75, 3.05) is 6.54 Å². The number of carbonyl (C=O) groups excluding carboxylic acids is 2. The summed E-state index contributed by atoms with van der Waals surface area (Å²) in [4.78, 5) is 37.7. The topological polar surface area (TPSA) is 154 Å². The van der Waals surface area contributed by atoms with E-state index >= 15 is 0 Å². The zero-order valence-electron chi connectivity index (χ0n) is 19.8. The second-order valence-corrected chi connectivity index (χ2v) is 9.57. The second kappa shape index (κ2) is 8.80. The third kappa shape index (κ3) is 4.45. The van der Waals surface area contributed by atoms with Gasteiger partial charge in [0.15, 0.2) is 0 Å². The molecule has 2 amide bonds. The summed E-state index contributed by atoms with van der Waals surface area (Å²) in [6, 6.07) is 8.28. The Morgan fingerprint density at radius 3 is 1.77 bits per heavy atom. The van der Waals surface area contributed by atoms with Gasteiger partial charge in [0.1, 0.15) is 6.04 Å². The van der Waals surface area contributed by atoms with Crippen LogP contribution in [0.1, 0.15) is 59.5 Å². The summed E-state index contributed by atoms with van der Waals surface area (Å²) in [5, 5.41) is 35.2. The van der Waals surface area contributed by atoms with E-state index in [4.69, 9.17) is 9.31 Å². The van der Waals surface area contributed by atoms with E-state index in [2.05, 4.69) is 10.6 Å². The van der Waals surface area contributed by atoms with Crippen LogP contribution in [0, 0.1) is 0 Å². The Bertz CT molecular complexity index is 1220. The van der Waals surface area contributed by atoms with E-state index in [1.54, 1.807) is 52.0 Å². The lowest BCUT2D eigenvalue weighted by Gasteiger charge is -2.20. The van der Waals surface area contributed by atoms with Gasteiger partial charge in [-0.3, -0.25) is 9.59 Å². The van der Waals surface area contributed by atoms with Crippen molar-refractivity contribution in [3.05, 3.63) is 58.7 Å². The van der Waals surface area contributed by atoms with Crippen LogP contribution in [0.4, 0.5) is 0 Å². The minimum atomic E-state index is -1.45. The Morgan fingerprint density at radius 1 is 0.857 bits per heavy atom. The van der Waals surface area contributed by atoms with Gasteiger partial charge in [-0.25, -0.2) is 4.79 Å². The van der Waals surface area contributed by atoms with Crippen molar-refractivity contribution >= 4 is 42.9 Å². The number of amides is 2. The van der Waals surface area contributed by atoms with Crippen molar-refractivity contribution in [2.45, 2.75) is 44.9 Å². The summed E-state index contributed by atoms with van der Waals surface area (Å²) in [5.41, 5.74) is 0.510. The fourth-order valence-corrected chi connectivity index (χ4v) is 4.64.